The van der Waals surface area contributed by atoms with Crippen molar-refractivity contribution in [3.63, 3.8) is 0 Å². The van der Waals surface area contributed by atoms with Gasteiger partial charge in [0.15, 0.2) is 0 Å². The highest BCUT2D eigenvalue weighted by molar-refractivity contribution is 6.23. The van der Waals surface area contributed by atoms with Crippen molar-refractivity contribution in [2.75, 3.05) is 13.6 Å². The maximum Gasteiger partial charge on any atom is 0.421 e. The van der Waals surface area contributed by atoms with E-state index in [0.29, 0.717) is 18.3 Å². The molecule has 10 heteroatoms. The van der Waals surface area contributed by atoms with Gasteiger partial charge in [-0.15, -0.1) is 9.78 Å². The van der Waals surface area contributed by atoms with Crippen molar-refractivity contribution in [2.45, 2.75) is 40.3 Å². The van der Waals surface area contributed by atoms with Crippen LogP contribution in [-0.4, -0.2) is 73.4 Å². The Morgan fingerprint density at radius 3 is 2.44 bits per heavy atom. The summed E-state index contributed by atoms with van der Waals surface area (Å²) in [5.41, 5.74) is 10.1. The lowest BCUT2D eigenvalue weighted by atomic mass is 10.1. The number of nitrogens with two attached hydrogens (primary N) is 1. The largest absolute Gasteiger partial charge is 0.421 e. The lowest BCUT2D eigenvalue weighted by Gasteiger charge is -2.33. The second kappa shape index (κ2) is 7.70. The van der Waals surface area contributed by atoms with Gasteiger partial charge in [-0.25, -0.2) is 9.37 Å². The monoisotopic (exact) mass is 436 g/mol. The predicted octanol–water partition coefficient (Wildman–Crippen LogP) is 0.694. The van der Waals surface area contributed by atoms with E-state index in [9.17, 15) is 14.4 Å². The Morgan fingerprint density at radius 1 is 1.16 bits per heavy atom. The minimum atomic E-state index is -0.879. The number of primary amides is 1. The summed E-state index contributed by atoms with van der Waals surface area (Å²) in [7, 11) is 1.54. The Bertz CT molecular complexity index is 1220. The summed E-state index contributed by atoms with van der Waals surface area (Å²) in [4.78, 5) is 44.6. The molecule has 10 nitrogen and oxygen atoms in total. The zero-order valence-corrected chi connectivity index (χ0v) is 18.8. The first kappa shape index (κ1) is 21.4. The SMILES string of the molecule is Cc1ccccc1C[N+]1=C(n2nc(C)c(C)c2C)N=C2C1C(=O)N(CC(N)=O)C(=O)N2C. The first-order valence-corrected chi connectivity index (χ1v) is 10.3. The van der Waals surface area contributed by atoms with Gasteiger partial charge in [0, 0.05) is 12.6 Å². The molecule has 1 aromatic carbocycles. The third kappa shape index (κ3) is 3.28. The minimum absolute atomic E-state index is 0.300. The molecule has 0 radical (unpaired) electrons. The molecule has 2 aromatic rings. The van der Waals surface area contributed by atoms with E-state index in [-0.39, 0.29) is 0 Å². The Balaban J connectivity index is 1.90. The molecular weight excluding hydrogens is 410 g/mol. The summed E-state index contributed by atoms with van der Waals surface area (Å²) in [6, 6.07) is 6.36. The van der Waals surface area contributed by atoms with E-state index < -0.39 is 30.4 Å². The molecule has 0 bridgehead atoms. The molecule has 0 saturated carbocycles. The zero-order chi connectivity index (χ0) is 23.3. The molecule has 1 aromatic heterocycles. The topological polar surface area (TPSA) is 117 Å². The van der Waals surface area contributed by atoms with Gasteiger partial charge in [-0.1, -0.05) is 29.3 Å². The van der Waals surface area contributed by atoms with E-state index >= 15 is 0 Å². The number of likely N-dealkylation sites (N-methyl/N-ethyl adjacent to an activating group) is 1. The van der Waals surface area contributed by atoms with Crippen LogP contribution in [0.15, 0.2) is 29.3 Å². The number of nitrogens with zero attached hydrogens (tertiary/aromatic N) is 6. The fourth-order valence-electron chi connectivity index (χ4n) is 4.02. The third-order valence-corrected chi connectivity index (χ3v) is 6.15. The zero-order valence-electron chi connectivity index (χ0n) is 18.8. The van der Waals surface area contributed by atoms with E-state index in [1.54, 1.807) is 4.68 Å². The fourth-order valence-corrected chi connectivity index (χ4v) is 4.02. The highest BCUT2D eigenvalue weighted by atomic mass is 16.2. The molecule has 1 fully saturated rings. The molecule has 1 unspecified atom stereocenters. The van der Waals surface area contributed by atoms with E-state index in [1.807, 2.05) is 56.5 Å². The van der Waals surface area contributed by atoms with E-state index in [0.717, 1.165) is 33.0 Å². The number of rotatable bonds is 4. The number of benzene rings is 1. The summed E-state index contributed by atoms with van der Waals surface area (Å²) in [6.07, 6.45) is 0. The van der Waals surface area contributed by atoms with Gasteiger partial charge in [-0.05, 0) is 38.8 Å². The number of urea groups is 1. The van der Waals surface area contributed by atoms with Crippen LogP contribution in [0.25, 0.3) is 0 Å². The Morgan fingerprint density at radius 2 is 1.84 bits per heavy atom. The number of aromatic nitrogens is 2. The van der Waals surface area contributed by atoms with Crippen molar-refractivity contribution in [1.29, 1.82) is 0 Å². The van der Waals surface area contributed by atoms with Crippen molar-refractivity contribution in [1.82, 2.24) is 19.6 Å². The number of fused-ring (bicyclic) bond motifs is 1. The first-order valence-electron chi connectivity index (χ1n) is 10.3. The van der Waals surface area contributed by atoms with Crippen molar-refractivity contribution in [3.05, 3.63) is 52.3 Å². The molecule has 4 rings (SSSR count). The smallest absolute Gasteiger partial charge is 0.368 e. The van der Waals surface area contributed by atoms with E-state index in [4.69, 9.17) is 10.7 Å². The number of amides is 4. The average molecular weight is 436 g/mol. The van der Waals surface area contributed by atoms with Gasteiger partial charge in [0.1, 0.15) is 12.2 Å². The van der Waals surface area contributed by atoms with Gasteiger partial charge in [0.05, 0.1) is 12.2 Å². The lowest BCUT2D eigenvalue weighted by molar-refractivity contribution is -0.553. The van der Waals surface area contributed by atoms with Crippen LogP contribution < -0.4 is 5.73 Å². The maximum atomic E-state index is 13.4. The van der Waals surface area contributed by atoms with Gasteiger partial charge in [-0.2, -0.15) is 0 Å². The van der Waals surface area contributed by atoms with Crippen LogP contribution in [0.2, 0.25) is 0 Å². The normalized spacial score (nSPS) is 18.4. The van der Waals surface area contributed by atoms with Crippen LogP contribution in [-0.2, 0) is 16.1 Å². The molecule has 32 heavy (non-hydrogen) atoms. The number of carbonyl (C=O) groups excluding carboxylic acids is 3. The van der Waals surface area contributed by atoms with Crippen LogP contribution in [0.4, 0.5) is 4.79 Å². The molecule has 2 aliphatic rings. The predicted molar refractivity (Wildman–Crippen MR) is 117 cm³/mol. The van der Waals surface area contributed by atoms with Gasteiger partial charge in [-0.3, -0.25) is 19.4 Å². The number of hydrogen-bond donors (Lipinski definition) is 1. The summed E-state index contributed by atoms with van der Waals surface area (Å²) < 4.78 is 3.54. The Kier molecular flexibility index (Phi) is 5.15. The molecule has 0 spiro atoms. The molecule has 0 aliphatic carbocycles. The van der Waals surface area contributed by atoms with Gasteiger partial charge >= 0.3 is 12.0 Å². The molecule has 166 valence electrons. The molecule has 3 heterocycles. The Labute approximate surface area is 185 Å². The standard InChI is InChI=1S/C22H25N7O3/c1-12-8-6-7-9-16(12)10-27-18-19(24-21(27)29-15(4)13(2)14(3)25-29)26(5)22(32)28(20(18)31)11-17(23)30/h6-9,18H,10-11H2,1-5H3,(H-,23,30)/p+1. The quantitative estimate of drug-likeness (QED) is 0.710. The number of hydrogen-bond acceptors (Lipinski definition) is 5. The summed E-state index contributed by atoms with van der Waals surface area (Å²) in [6.45, 7) is 7.71. The van der Waals surface area contributed by atoms with Crippen molar-refractivity contribution in [3.8, 4) is 0 Å². The van der Waals surface area contributed by atoms with E-state index in [1.165, 1.54) is 11.9 Å². The molecule has 2 aliphatic heterocycles. The van der Waals surface area contributed by atoms with Crippen molar-refractivity contribution >= 4 is 29.6 Å². The van der Waals surface area contributed by atoms with Crippen LogP contribution in [0.1, 0.15) is 28.1 Å². The highest BCUT2D eigenvalue weighted by Crippen LogP contribution is 2.24. The molecule has 1 saturated heterocycles. The van der Waals surface area contributed by atoms with Crippen molar-refractivity contribution in [2.24, 2.45) is 10.7 Å². The number of carbonyl (C=O) groups is 3. The second-order valence-electron chi connectivity index (χ2n) is 8.17. The molecule has 1 atom stereocenters. The van der Waals surface area contributed by atoms with E-state index in [2.05, 4.69) is 5.10 Å². The highest BCUT2D eigenvalue weighted by Gasteiger charge is 2.53. The summed E-state index contributed by atoms with van der Waals surface area (Å²) in [5.74, 6) is -0.541. The molecular formula is C22H26N7O3+. The summed E-state index contributed by atoms with van der Waals surface area (Å²) >= 11 is 0. The van der Waals surface area contributed by atoms with Crippen LogP contribution in [0.5, 0.6) is 0 Å². The van der Waals surface area contributed by atoms with Crippen molar-refractivity contribution < 1.29 is 19.0 Å². The molecule has 2 N–H and O–H groups in total. The third-order valence-electron chi connectivity index (χ3n) is 6.15. The number of aryl methyl sites for hydroxylation is 2. The average Bonchev–Trinajstić information content (AvgIpc) is 3.24. The number of amidine groups is 1. The van der Waals surface area contributed by atoms with Gasteiger partial charge in [0.25, 0.3) is 5.91 Å². The minimum Gasteiger partial charge on any atom is -0.368 e. The second-order valence-corrected chi connectivity index (χ2v) is 8.17. The lowest BCUT2D eigenvalue weighted by Crippen LogP contribution is -2.63. The van der Waals surface area contributed by atoms with Crippen LogP contribution >= 0.6 is 0 Å². The fraction of sp³-hybridized carbons (Fsp3) is 0.364. The first-order chi connectivity index (χ1) is 15.1. The maximum absolute atomic E-state index is 13.4. The van der Waals surface area contributed by atoms with Gasteiger partial charge < -0.3 is 5.73 Å². The number of aliphatic imine (C=N–C) groups is 1. The number of imide groups is 1. The Hall–Kier alpha value is -3.82. The van der Waals surface area contributed by atoms with Crippen LogP contribution in [0, 0.1) is 27.7 Å². The van der Waals surface area contributed by atoms with Gasteiger partial charge in [0.2, 0.25) is 17.8 Å². The molecule has 4 amide bonds. The van der Waals surface area contributed by atoms with Crippen LogP contribution in [0.3, 0.4) is 0 Å². The summed E-state index contributed by atoms with van der Waals surface area (Å²) in [5, 5.41) is 4.63.